The predicted octanol–water partition coefficient (Wildman–Crippen LogP) is 3.67. The van der Waals surface area contributed by atoms with Crippen LogP contribution in [0.25, 0.3) is 11.1 Å². The second-order valence-corrected chi connectivity index (χ2v) is 7.64. The van der Waals surface area contributed by atoms with Crippen LogP contribution in [0, 0.1) is 0 Å². The van der Waals surface area contributed by atoms with Crippen molar-refractivity contribution in [1.82, 2.24) is 15.6 Å². The first kappa shape index (κ1) is 20.8. The van der Waals surface area contributed by atoms with Crippen molar-refractivity contribution in [3.05, 3.63) is 89.7 Å². The highest BCUT2D eigenvalue weighted by Gasteiger charge is 2.22. The first-order chi connectivity index (χ1) is 15.2. The van der Waals surface area contributed by atoms with Gasteiger partial charge >= 0.3 is 0 Å². The molecule has 2 N–H and O–H groups in total. The highest BCUT2D eigenvalue weighted by molar-refractivity contribution is 6.01. The Morgan fingerprint density at radius 3 is 2.13 bits per heavy atom. The molecule has 0 fully saturated rings. The molecule has 1 aromatic heterocycles. The number of carbonyl (C=O) groups excluding carboxylic acids is 1. The number of pyridine rings is 1. The van der Waals surface area contributed by atoms with Gasteiger partial charge in [-0.25, -0.2) is 0 Å². The first-order valence-corrected chi connectivity index (χ1v) is 10.4. The summed E-state index contributed by atoms with van der Waals surface area (Å²) in [5.74, 6) is -0.0584. The van der Waals surface area contributed by atoms with Crippen molar-refractivity contribution in [1.29, 1.82) is 0 Å². The number of hydrogen-bond acceptors (Lipinski definition) is 5. The molecule has 1 amide bonds. The van der Waals surface area contributed by atoms with E-state index in [-0.39, 0.29) is 12.0 Å². The molecule has 6 heteroatoms. The summed E-state index contributed by atoms with van der Waals surface area (Å²) in [6, 6.07) is 21.0. The number of carbonyl (C=O) groups is 1. The maximum absolute atomic E-state index is 11.0. The zero-order chi connectivity index (χ0) is 21.5. The molecule has 31 heavy (non-hydrogen) atoms. The van der Waals surface area contributed by atoms with Crippen molar-refractivity contribution in [2.75, 3.05) is 6.54 Å². The molecule has 0 aliphatic carbocycles. The summed E-state index contributed by atoms with van der Waals surface area (Å²) in [6.45, 7) is 3.62. The summed E-state index contributed by atoms with van der Waals surface area (Å²) in [4.78, 5) is 20.5. The number of nitrogens with zero attached hydrogens (tertiary/aromatic N) is 2. The Balaban J connectivity index is 1.30. The van der Waals surface area contributed by atoms with E-state index in [0.29, 0.717) is 13.0 Å². The second kappa shape index (κ2) is 10.00. The average Bonchev–Trinajstić information content (AvgIpc) is 3.28. The van der Waals surface area contributed by atoms with Gasteiger partial charge in [0.25, 0.3) is 0 Å². The Kier molecular flexibility index (Phi) is 6.69. The molecule has 158 valence electrons. The normalized spacial score (nSPS) is 15.3. The minimum absolute atomic E-state index is 0.0584. The van der Waals surface area contributed by atoms with Crippen molar-refractivity contribution >= 4 is 11.6 Å². The van der Waals surface area contributed by atoms with Crippen LogP contribution in [0.3, 0.4) is 0 Å². The minimum Gasteiger partial charge on any atom is -0.390 e. The number of rotatable bonds is 8. The van der Waals surface area contributed by atoms with Gasteiger partial charge in [0.2, 0.25) is 5.91 Å². The molecule has 0 radical (unpaired) electrons. The second-order valence-electron chi connectivity index (χ2n) is 7.64. The molecule has 3 aromatic rings. The lowest BCUT2D eigenvalue weighted by atomic mass is 9.99. The molecule has 0 saturated carbocycles. The third kappa shape index (κ3) is 5.77. The first-order valence-electron chi connectivity index (χ1n) is 10.4. The standard InChI is InChI=1S/C25H26N4O2/c1-18(30)28-17-24-14-25(29-31-24)23-8-6-22(7-9-23)21-4-2-19(3-5-21)15-27-16-20-10-12-26-13-11-20/h2-13,24,27H,14-17H2,1H3,(H,28,30). The van der Waals surface area contributed by atoms with Gasteiger partial charge in [-0.15, -0.1) is 0 Å². The molecule has 1 aliphatic rings. The highest BCUT2D eigenvalue weighted by Crippen LogP contribution is 2.23. The molecular formula is C25H26N4O2. The zero-order valence-corrected chi connectivity index (χ0v) is 17.5. The zero-order valence-electron chi connectivity index (χ0n) is 17.5. The summed E-state index contributed by atoms with van der Waals surface area (Å²) < 4.78 is 0. The fraction of sp³-hybridized carbons (Fsp3) is 0.240. The molecule has 0 spiro atoms. The van der Waals surface area contributed by atoms with E-state index in [0.717, 1.165) is 29.9 Å². The molecule has 2 aromatic carbocycles. The van der Waals surface area contributed by atoms with Crippen molar-refractivity contribution in [3.63, 3.8) is 0 Å². The lowest BCUT2D eigenvalue weighted by Crippen LogP contribution is -2.30. The van der Waals surface area contributed by atoms with Crippen LogP contribution in [0.5, 0.6) is 0 Å². The van der Waals surface area contributed by atoms with Crippen LogP contribution >= 0.6 is 0 Å². The summed E-state index contributed by atoms with van der Waals surface area (Å²) in [6.07, 6.45) is 4.22. The summed E-state index contributed by atoms with van der Waals surface area (Å²) in [7, 11) is 0. The number of amides is 1. The maximum Gasteiger partial charge on any atom is 0.217 e. The van der Waals surface area contributed by atoms with E-state index in [2.05, 4.69) is 69.3 Å². The monoisotopic (exact) mass is 414 g/mol. The summed E-state index contributed by atoms with van der Waals surface area (Å²) >= 11 is 0. The van der Waals surface area contributed by atoms with Gasteiger partial charge in [-0.2, -0.15) is 0 Å². The van der Waals surface area contributed by atoms with E-state index < -0.39 is 0 Å². The van der Waals surface area contributed by atoms with E-state index in [1.807, 2.05) is 24.5 Å². The largest absolute Gasteiger partial charge is 0.390 e. The van der Waals surface area contributed by atoms with Gasteiger partial charge in [-0.05, 0) is 39.9 Å². The fourth-order valence-corrected chi connectivity index (χ4v) is 3.49. The van der Waals surface area contributed by atoms with Crippen LogP contribution in [0.2, 0.25) is 0 Å². The number of oxime groups is 1. The Hall–Kier alpha value is -3.51. The fourth-order valence-electron chi connectivity index (χ4n) is 3.49. The Morgan fingerprint density at radius 1 is 0.903 bits per heavy atom. The van der Waals surface area contributed by atoms with Gasteiger partial charge in [-0.1, -0.05) is 53.7 Å². The highest BCUT2D eigenvalue weighted by atomic mass is 16.6. The van der Waals surface area contributed by atoms with Crippen molar-refractivity contribution in [2.24, 2.45) is 5.16 Å². The summed E-state index contributed by atoms with van der Waals surface area (Å²) in [5.41, 5.74) is 6.78. The van der Waals surface area contributed by atoms with Gasteiger partial charge in [0.05, 0.1) is 12.3 Å². The van der Waals surface area contributed by atoms with Crippen LogP contribution in [0.15, 0.2) is 78.2 Å². The SMILES string of the molecule is CC(=O)NCC1CC(c2ccc(-c3ccc(CNCc4ccncc4)cc3)cc2)=NO1. The van der Waals surface area contributed by atoms with Gasteiger partial charge in [0.15, 0.2) is 0 Å². The number of hydrogen-bond donors (Lipinski definition) is 2. The molecular weight excluding hydrogens is 388 g/mol. The maximum atomic E-state index is 11.0. The average molecular weight is 415 g/mol. The van der Waals surface area contributed by atoms with Crippen molar-refractivity contribution in [3.8, 4) is 11.1 Å². The minimum atomic E-state index is -0.0988. The smallest absolute Gasteiger partial charge is 0.217 e. The molecule has 4 rings (SSSR count). The lowest BCUT2D eigenvalue weighted by Gasteiger charge is -2.08. The van der Waals surface area contributed by atoms with Crippen LogP contribution in [0.4, 0.5) is 0 Å². The van der Waals surface area contributed by atoms with E-state index in [1.54, 1.807) is 0 Å². The Morgan fingerprint density at radius 2 is 1.48 bits per heavy atom. The van der Waals surface area contributed by atoms with E-state index in [4.69, 9.17) is 4.84 Å². The molecule has 1 atom stereocenters. The van der Waals surface area contributed by atoms with E-state index in [9.17, 15) is 4.79 Å². The number of benzene rings is 2. The van der Waals surface area contributed by atoms with Gasteiger partial charge in [0, 0.05) is 38.8 Å². The van der Waals surface area contributed by atoms with Crippen molar-refractivity contribution in [2.45, 2.75) is 32.5 Å². The lowest BCUT2D eigenvalue weighted by molar-refractivity contribution is -0.119. The van der Waals surface area contributed by atoms with Crippen LogP contribution in [-0.4, -0.2) is 29.3 Å². The van der Waals surface area contributed by atoms with Crippen LogP contribution < -0.4 is 10.6 Å². The van der Waals surface area contributed by atoms with E-state index >= 15 is 0 Å². The van der Waals surface area contributed by atoms with Gasteiger partial charge in [0.1, 0.15) is 6.10 Å². The van der Waals surface area contributed by atoms with Crippen molar-refractivity contribution < 1.29 is 9.63 Å². The van der Waals surface area contributed by atoms with E-state index in [1.165, 1.54) is 23.6 Å². The molecule has 1 aliphatic heterocycles. The third-order valence-corrected chi connectivity index (χ3v) is 5.22. The summed E-state index contributed by atoms with van der Waals surface area (Å²) in [5, 5.41) is 10.4. The molecule has 6 nitrogen and oxygen atoms in total. The molecule has 0 saturated heterocycles. The number of aromatic nitrogens is 1. The topological polar surface area (TPSA) is 75.6 Å². The number of nitrogens with one attached hydrogen (secondary N) is 2. The molecule has 2 heterocycles. The molecule has 1 unspecified atom stereocenters. The van der Waals surface area contributed by atoms with Crippen LogP contribution in [-0.2, 0) is 22.7 Å². The van der Waals surface area contributed by atoms with Gasteiger partial charge < -0.3 is 15.5 Å². The Labute approximate surface area is 182 Å². The third-order valence-electron chi connectivity index (χ3n) is 5.22. The predicted molar refractivity (Wildman–Crippen MR) is 121 cm³/mol. The molecule has 0 bridgehead atoms. The quantitative estimate of drug-likeness (QED) is 0.590. The van der Waals surface area contributed by atoms with Gasteiger partial charge in [-0.3, -0.25) is 9.78 Å². The van der Waals surface area contributed by atoms with Crippen LogP contribution in [0.1, 0.15) is 30.0 Å². The Bertz CT molecular complexity index is 1030.